The number of nitrogens with zero attached hydrogens (tertiary/aromatic N) is 4. The zero-order valence-corrected chi connectivity index (χ0v) is 24.4. The Balaban J connectivity index is 1.12. The molecule has 0 aromatic heterocycles. The van der Waals surface area contributed by atoms with Crippen molar-refractivity contribution < 1.29 is 17.9 Å². The van der Waals surface area contributed by atoms with Crippen molar-refractivity contribution in [2.45, 2.75) is 26.2 Å². The Morgan fingerprint density at radius 2 is 0.553 bits per heavy atom. The first-order valence-corrected chi connectivity index (χ1v) is 14.6. The summed E-state index contributed by atoms with van der Waals surface area (Å²) >= 11 is 0. The SMILES string of the molecule is C[N+]1(Cc2ccccc2)CC[N+](C)(Cc2ccc(C[N+]3(C)CC[N+](C)(Cc4ccccc4)CC3)cc2)CC1. The van der Waals surface area contributed by atoms with Crippen LogP contribution in [0.3, 0.4) is 0 Å². The van der Waals surface area contributed by atoms with Crippen molar-refractivity contribution in [2.75, 3.05) is 80.5 Å². The Kier molecular flexibility index (Phi) is 7.79. The van der Waals surface area contributed by atoms with Gasteiger partial charge in [-0.15, -0.1) is 0 Å². The van der Waals surface area contributed by atoms with Gasteiger partial charge in [-0.3, -0.25) is 0 Å². The molecule has 0 aliphatic carbocycles. The fraction of sp³-hybridized carbons (Fsp3) is 0.471. The van der Waals surface area contributed by atoms with Crippen LogP contribution in [0.2, 0.25) is 0 Å². The normalized spacial score (nSPS) is 31.7. The van der Waals surface area contributed by atoms with Crippen LogP contribution in [0.1, 0.15) is 22.3 Å². The second kappa shape index (κ2) is 10.9. The Bertz CT molecular complexity index is 1060. The standard InChI is InChI=1S/C34H50N4/c1-35(27-31-11-7-5-8-12-31)19-23-37(3,24-20-35)29-33-15-17-34(18-16-33)30-38(4)25-21-36(2,22-26-38)28-32-13-9-6-10-14-32/h5-18H,19-30H2,1-4H3/q+4. The summed E-state index contributed by atoms with van der Waals surface area (Å²) in [6.07, 6.45) is 0. The van der Waals surface area contributed by atoms with E-state index < -0.39 is 0 Å². The minimum atomic E-state index is 1.15. The monoisotopic (exact) mass is 514 g/mol. The quantitative estimate of drug-likeness (QED) is 0.375. The van der Waals surface area contributed by atoms with Crippen molar-refractivity contribution >= 4 is 0 Å². The van der Waals surface area contributed by atoms with Crippen LogP contribution in [0, 0.1) is 0 Å². The molecule has 4 heteroatoms. The molecule has 4 nitrogen and oxygen atoms in total. The van der Waals surface area contributed by atoms with E-state index in [0.29, 0.717) is 0 Å². The van der Waals surface area contributed by atoms with Crippen molar-refractivity contribution in [3.05, 3.63) is 107 Å². The van der Waals surface area contributed by atoms with E-state index in [0.717, 1.165) is 44.1 Å². The lowest BCUT2D eigenvalue weighted by Crippen LogP contribution is -2.63. The number of likely N-dealkylation sites (N-methyl/N-ethyl adjacent to an activating group) is 4. The second-order valence-corrected chi connectivity index (χ2v) is 13.7. The van der Waals surface area contributed by atoms with Crippen LogP contribution < -0.4 is 0 Å². The van der Waals surface area contributed by atoms with E-state index in [2.05, 4.69) is 113 Å². The molecule has 2 aliphatic heterocycles. The smallest absolute Gasteiger partial charge is 0.129 e. The Morgan fingerprint density at radius 1 is 0.342 bits per heavy atom. The minimum Gasteiger partial charge on any atom is -0.313 e. The van der Waals surface area contributed by atoms with Crippen molar-refractivity contribution in [3.8, 4) is 0 Å². The highest BCUT2D eigenvalue weighted by Gasteiger charge is 2.38. The van der Waals surface area contributed by atoms with Gasteiger partial charge in [0.15, 0.2) is 0 Å². The van der Waals surface area contributed by atoms with E-state index in [1.165, 1.54) is 74.6 Å². The molecule has 5 rings (SSSR count). The summed E-state index contributed by atoms with van der Waals surface area (Å²) in [5.41, 5.74) is 5.91. The van der Waals surface area contributed by atoms with Crippen LogP contribution in [0.15, 0.2) is 84.9 Å². The molecule has 38 heavy (non-hydrogen) atoms. The van der Waals surface area contributed by atoms with Crippen LogP contribution in [0.25, 0.3) is 0 Å². The lowest BCUT2D eigenvalue weighted by atomic mass is 10.1. The lowest BCUT2D eigenvalue weighted by Gasteiger charge is -2.46. The van der Waals surface area contributed by atoms with Gasteiger partial charge in [-0.2, -0.15) is 0 Å². The maximum Gasteiger partial charge on any atom is 0.129 e. The zero-order valence-electron chi connectivity index (χ0n) is 24.4. The summed E-state index contributed by atoms with van der Waals surface area (Å²) < 4.78 is 4.65. The third-order valence-corrected chi connectivity index (χ3v) is 9.68. The summed E-state index contributed by atoms with van der Waals surface area (Å²) in [7, 11) is 9.81. The van der Waals surface area contributed by atoms with Gasteiger partial charge in [0.05, 0.1) is 28.2 Å². The molecule has 0 saturated carbocycles. The molecular formula is C34H50N4+4. The Morgan fingerprint density at radius 3 is 0.789 bits per heavy atom. The van der Waals surface area contributed by atoms with Gasteiger partial charge in [-0.1, -0.05) is 84.9 Å². The molecule has 0 bridgehead atoms. The first kappa shape index (κ1) is 27.1. The van der Waals surface area contributed by atoms with Gasteiger partial charge >= 0.3 is 0 Å². The van der Waals surface area contributed by atoms with Gasteiger partial charge in [0.25, 0.3) is 0 Å². The fourth-order valence-corrected chi connectivity index (χ4v) is 6.69. The summed E-state index contributed by atoms with van der Waals surface area (Å²) in [6.45, 7) is 14.6. The van der Waals surface area contributed by atoms with Crippen LogP contribution in [0.5, 0.6) is 0 Å². The van der Waals surface area contributed by atoms with Crippen molar-refractivity contribution in [2.24, 2.45) is 0 Å². The largest absolute Gasteiger partial charge is 0.313 e. The summed E-state index contributed by atoms with van der Waals surface area (Å²) in [4.78, 5) is 0. The topological polar surface area (TPSA) is 0 Å². The van der Waals surface area contributed by atoms with Crippen LogP contribution in [-0.4, -0.2) is 98.5 Å². The van der Waals surface area contributed by atoms with Gasteiger partial charge in [0.2, 0.25) is 0 Å². The van der Waals surface area contributed by atoms with E-state index in [4.69, 9.17) is 0 Å². The third-order valence-electron chi connectivity index (χ3n) is 9.68. The summed E-state index contributed by atoms with van der Waals surface area (Å²) in [5, 5.41) is 0. The maximum absolute atomic E-state index is 2.46. The van der Waals surface area contributed by atoms with Crippen LogP contribution in [0.4, 0.5) is 0 Å². The molecule has 2 heterocycles. The minimum absolute atomic E-state index is 1.15. The van der Waals surface area contributed by atoms with Crippen LogP contribution in [-0.2, 0) is 26.2 Å². The van der Waals surface area contributed by atoms with Crippen molar-refractivity contribution in [3.63, 3.8) is 0 Å². The number of quaternary nitrogens is 4. The zero-order chi connectivity index (χ0) is 26.7. The van der Waals surface area contributed by atoms with Gasteiger partial charge in [-0.05, 0) is 0 Å². The van der Waals surface area contributed by atoms with E-state index in [9.17, 15) is 0 Å². The van der Waals surface area contributed by atoms with Crippen LogP contribution >= 0.6 is 0 Å². The first-order valence-electron chi connectivity index (χ1n) is 14.6. The molecule has 3 aromatic rings. The molecule has 2 saturated heterocycles. The average Bonchev–Trinajstić information content (AvgIpc) is 2.91. The molecule has 2 aliphatic rings. The molecule has 0 N–H and O–H groups in total. The van der Waals surface area contributed by atoms with E-state index in [-0.39, 0.29) is 0 Å². The molecule has 0 spiro atoms. The molecular weight excluding hydrogens is 464 g/mol. The van der Waals surface area contributed by atoms with Crippen molar-refractivity contribution in [1.82, 2.24) is 0 Å². The number of rotatable bonds is 8. The highest BCUT2D eigenvalue weighted by molar-refractivity contribution is 5.21. The predicted molar refractivity (Wildman–Crippen MR) is 158 cm³/mol. The number of piperazine rings is 2. The first-order chi connectivity index (χ1) is 18.1. The molecule has 0 radical (unpaired) electrons. The molecule has 2 fully saturated rings. The maximum atomic E-state index is 2.46. The van der Waals surface area contributed by atoms with Gasteiger partial charge in [-0.25, -0.2) is 0 Å². The predicted octanol–water partition coefficient (Wildman–Crippen LogP) is 4.90. The lowest BCUT2D eigenvalue weighted by molar-refractivity contribution is -1.03. The molecule has 202 valence electrons. The van der Waals surface area contributed by atoms with Crippen molar-refractivity contribution in [1.29, 1.82) is 0 Å². The fourth-order valence-electron chi connectivity index (χ4n) is 6.69. The van der Waals surface area contributed by atoms with Gasteiger partial charge in [0, 0.05) is 22.3 Å². The van der Waals surface area contributed by atoms with E-state index in [1.807, 2.05) is 0 Å². The summed E-state index contributed by atoms with van der Waals surface area (Å²) in [6, 6.07) is 31.7. The second-order valence-electron chi connectivity index (χ2n) is 13.7. The summed E-state index contributed by atoms with van der Waals surface area (Å²) in [5.74, 6) is 0. The van der Waals surface area contributed by atoms with Gasteiger partial charge in [0.1, 0.15) is 78.5 Å². The highest BCUT2D eigenvalue weighted by Crippen LogP contribution is 2.25. The molecule has 0 atom stereocenters. The molecule has 0 unspecified atom stereocenters. The molecule has 0 amide bonds. The highest BCUT2D eigenvalue weighted by atomic mass is 15.5. The number of hydrogen-bond acceptors (Lipinski definition) is 0. The number of benzene rings is 3. The van der Waals surface area contributed by atoms with E-state index in [1.54, 1.807) is 0 Å². The third kappa shape index (κ3) is 6.92. The average molecular weight is 515 g/mol. The van der Waals surface area contributed by atoms with Gasteiger partial charge < -0.3 is 17.9 Å². The Hall–Kier alpha value is -2.50. The Labute approximate surface area is 231 Å². The molecule has 3 aromatic carbocycles. The number of hydrogen-bond donors (Lipinski definition) is 0. The van der Waals surface area contributed by atoms with E-state index >= 15 is 0 Å².